The first-order valence-corrected chi connectivity index (χ1v) is 8.03. The van der Waals surface area contributed by atoms with Crippen LogP contribution in [0.5, 0.6) is 5.75 Å². The molecule has 26 heavy (non-hydrogen) atoms. The minimum Gasteiger partial charge on any atom is -0.502 e. The molecular formula is C19H11ClN2O4. The standard InChI is InChI=1S/C19H11ClN2O4/c20-12-7-11(19(23)16(8-12)22(24)25)10-21-13-5-6-18-15(9-13)14-3-1-2-4-17(14)26-18/h1-10,23H. The van der Waals surface area contributed by atoms with Crippen LogP contribution in [0.4, 0.5) is 11.4 Å². The van der Waals surface area contributed by atoms with E-state index in [4.69, 9.17) is 16.0 Å². The number of aromatic hydroxyl groups is 1. The first-order valence-electron chi connectivity index (χ1n) is 7.65. The SMILES string of the molecule is O=[N+]([O-])c1cc(Cl)cc(C=Nc2ccc3oc4ccccc4c3c2)c1O. The Morgan fingerprint density at radius 1 is 1.08 bits per heavy atom. The Bertz CT molecular complexity index is 1200. The van der Waals surface area contributed by atoms with Crippen LogP contribution in [0.2, 0.25) is 5.02 Å². The van der Waals surface area contributed by atoms with Crippen molar-refractivity contribution in [3.63, 3.8) is 0 Å². The van der Waals surface area contributed by atoms with Gasteiger partial charge in [0.15, 0.2) is 0 Å². The second kappa shape index (κ2) is 6.16. The zero-order valence-corrected chi connectivity index (χ0v) is 14.0. The Hall–Kier alpha value is -3.38. The van der Waals surface area contributed by atoms with Crippen LogP contribution in [-0.2, 0) is 0 Å². The summed E-state index contributed by atoms with van der Waals surface area (Å²) in [5.74, 6) is -0.474. The third-order valence-electron chi connectivity index (χ3n) is 3.99. The van der Waals surface area contributed by atoms with Gasteiger partial charge < -0.3 is 9.52 Å². The molecule has 4 rings (SSSR count). The molecule has 3 aromatic carbocycles. The molecule has 0 unspecified atom stereocenters. The minimum atomic E-state index is -0.692. The first-order chi connectivity index (χ1) is 12.5. The van der Waals surface area contributed by atoms with Gasteiger partial charge in [0.05, 0.1) is 10.6 Å². The van der Waals surface area contributed by atoms with E-state index >= 15 is 0 Å². The van der Waals surface area contributed by atoms with Gasteiger partial charge in [-0.05, 0) is 30.3 Å². The molecule has 0 aliphatic heterocycles. The number of para-hydroxylation sites is 1. The van der Waals surface area contributed by atoms with Gasteiger partial charge in [-0.1, -0.05) is 29.8 Å². The molecule has 7 heteroatoms. The molecule has 0 amide bonds. The van der Waals surface area contributed by atoms with E-state index in [9.17, 15) is 15.2 Å². The maximum atomic E-state index is 11.0. The highest BCUT2D eigenvalue weighted by Crippen LogP contribution is 2.34. The van der Waals surface area contributed by atoms with Crippen molar-refractivity contribution in [1.82, 2.24) is 0 Å². The van der Waals surface area contributed by atoms with Crippen molar-refractivity contribution in [2.45, 2.75) is 0 Å². The zero-order valence-electron chi connectivity index (χ0n) is 13.2. The number of benzene rings is 3. The Kier molecular flexibility index (Phi) is 3.82. The summed E-state index contributed by atoms with van der Waals surface area (Å²) in [5.41, 5.74) is 1.85. The number of hydrogen-bond donors (Lipinski definition) is 1. The lowest BCUT2D eigenvalue weighted by atomic mass is 10.1. The van der Waals surface area contributed by atoms with Crippen molar-refractivity contribution in [1.29, 1.82) is 0 Å². The topological polar surface area (TPSA) is 88.9 Å². The summed E-state index contributed by atoms with van der Waals surface area (Å²) in [5, 5.41) is 23.0. The van der Waals surface area contributed by atoms with Gasteiger partial charge in [-0.15, -0.1) is 0 Å². The number of fused-ring (bicyclic) bond motifs is 3. The fourth-order valence-electron chi connectivity index (χ4n) is 2.78. The molecule has 0 saturated heterocycles. The van der Waals surface area contributed by atoms with Crippen LogP contribution < -0.4 is 0 Å². The quantitative estimate of drug-likeness (QED) is 0.290. The summed E-state index contributed by atoms with van der Waals surface area (Å²) in [4.78, 5) is 14.6. The molecule has 128 valence electrons. The van der Waals surface area contributed by atoms with Crippen LogP contribution >= 0.6 is 11.6 Å². The number of rotatable bonds is 3. The van der Waals surface area contributed by atoms with Gasteiger partial charge in [0.25, 0.3) is 0 Å². The molecule has 0 bridgehead atoms. The second-order valence-electron chi connectivity index (χ2n) is 5.66. The number of phenolic OH excluding ortho intramolecular Hbond substituents is 1. The average Bonchev–Trinajstić information content (AvgIpc) is 3.00. The predicted molar refractivity (Wildman–Crippen MR) is 101 cm³/mol. The second-order valence-corrected chi connectivity index (χ2v) is 6.09. The highest BCUT2D eigenvalue weighted by atomic mass is 35.5. The van der Waals surface area contributed by atoms with Crippen molar-refractivity contribution in [3.05, 3.63) is 75.3 Å². The summed E-state index contributed by atoms with van der Waals surface area (Å²) < 4.78 is 5.76. The normalized spacial score (nSPS) is 11.6. The van der Waals surface area contributed by atoms with E-state index in [1.54, 1.807) is 6.07 Å². The van der Waals surface area contributed by atoms with Gasteiger partial charge in [0.1, 0.15) is 11.2 Å². The molecule has 1 N–H and O–H groups in total. The Labute approximate surface area is 152 Å². The number of aliphatic imine (C=N–C) groups is 1. The fraction of sp³-hybridized carbons (Fsp3) is 0. The smallest absolute Gasteiger partial charge is 0.312 e. The van der Waals surface area contributed by atoms with Crippen LogP contribution in [0.1, 0.15) is 5.56 Å². The van der Waals surface area contributed by atoms with Crippen molar-refractivity contribution < 1.29 is 14.4 Å². The summed E-state index contributed by atoms with van der Waals surface area (Å²) in [7, 11) is 0. The van der Waals surface area contributed by atoms with E-state index in [2.05, 4.69) is 4.99 Å². The molecule has 4 aromatic rings. The Balaban J connectivity index is 1.78. The number of furan rings is 1. The van der Waals surface area contributed by atoms with E-state index in [0.717, 1.165) is 28.0 Å². The first kappa shape index (κ1) is 16.1. The summed E-state index contributed by atoms with van der Waals surface area (Å²) in [6.45, 7) is 0. The maximum Gasteiger partial charge on any atom is 0.312 e. The molecule has 0 saturated carbocycles. The molecule has 0 atom stereocenters. The Morgan fingerprint density at radius 2 is 1.85 bits per heavy atom. The molecule has 1 aromatic heterocycles. The van der Waals surface area contributed by atoms with Crippen LogP contribution in [0.3, 0.4) is 0 Å². The Morgan fingerprint density at radius 3 is 2.65 bits per heavy atom. The van der Waals surface area contributed by atoms with Crippen molar-refractivity contribution in [2.75, 3.05) is 0 Å². The summed E-state index contributed by atoms with van der Waals surface area (Å²) >= 11 is 5.89. The molecule has 0 radical (unpaired) electrons. The molecule has 0 spiro atoms. The van der Waals surface area contributed by atoms with Crippen LogP contribution in [-0.4, -0.2) is 16.2 Å². The van der Waals surface area contributed by atoms with Crippen LogP contribution in [0, 0.1) is 10.1 Å². The lowest BCUT2D eigenvalue weighted by Gasteiger charge is -2.01. The van der Waals surface area contributed by atoms with E-state index in [1.807, 2.05) is 36.4 Å². The van der Waals surface area contributed by atoms with Gasteiger partial charge in [-0.25, -0.2) is 0 Å². The zero-order chi connectivity index (χ0) is 18.3. The fourth-order valence-corrected chi connectivity index (χ4v) is 3.00. The van der Waals surface area contributed by atoms with Crippen LogP contribution in [0.25, 0.3) is 21.9 Å². The largest absolute Gasteiger partial charge is 0.502 e. The van der Waals surface area contributed by atoms with Crippen molar-refractivity contribution in [3.8, 4) is 5.75 Å². The molecule has 1 heterocycles. The molecule has 0 aliphatic rings. The number of hydrogen-bond acceptors (Lipinski definition) is 5. The number of nitrogens with zero attached hydrogens (tertiary/aromatic N) is 2. The highest BCUT2D eigenvalue weighted by molar-refractivity contribution is 6.31. The molecule has 0 fully saturated rings. The summed E-state index contributed by atoms with van der Waals surface area (Å²) in [6, 6.07) is 15.6. The monoisotopic (exact) mass is 366 g/mol. The van der Waals surface area contributed by atoms with E-state index < -0.39 is 16.4 Å². The minimum absolute atomic E-state index is 0.146. The van der Waals surface area contributed by atoms with Gasteiger partial charge >= 0.3 is 5.69 Å². The van der Waals surface area contributed by atoms with Gasteiger partial charge in [-0.3, -0.25) is 15.1 Å². The van der Waals surface area contributed by atoms with Crippen LogP contribution in [0.15, 0.2) is 64.0 Å². The van der Waals surface area contributed by atoms with Crippen molar-refractivity contribution >= 4 is 51.1 Å². The number of nitro benzene ring substituents is 1. The summed E-state index contributed by atoms with van der Waals surface area (Å²) in [6.07, 6.45) is 1.34. The number of halogens is 1. The van der Waals surface area contributed by atoms with E-state index in [1.165, 1.54) is 12.3 Å². The maximum absolute atomic E-state index is 11.0. The van der Waals surface area contributed by atoms with E-state index in [0.29, 0.717) is 5.69 Å². The van der Waals surface area contributed by atoms with E-state index in [-0.39, 0.29) is 10.6 Å². The third-order valence-corrected chi connectivity index (χ3v) is 4.21. The average molecular weight is 367 g/mol. The lowest BCUT2D eigenvalue weighted by molar-refractivity contribution is -0.385. The van der Waals surface area contributed by atoms with Gasteiger partial charge in [0.2, 0.25) is 5.75 Å². The molecular weight excluding hydrogens is 356 g/mol. The molecule has 6 nitrogen and oxygen atoms in total. The number of nitro groups is 1. The third kappa shape index (κ3) is 2.76. The van der Waals surface area contributed by atoms with Gasteiger partial charge in [0, 0.05) is 33.6 Å². The number of phenols is 1. The predicted octanol–water partition coefficient (Wildman–Crippen LogP) is 5.60. The van der Waals surface area contributed by atoms with Crippen molar-refractivity contribution in [2.24, 2.45) is 4.99 Å². The highest BCUT2D eigenvalue weighted by Gasteiger charge is 2.17. The molecule has 0 aliphatic carbocycles. The van der Waals surface area contributed by atoms with Gasteiger partial charge in [-0.2, -0.15) is 0 Å². The lowest BCUT2D eigenvalue weighted by Crippen LogP contribution is -1.92.